The average Bonchev–Trinajstić information content (AvgIpc) is 3.71. The van der Waals surface area contributed by atoms with Crippen molar-refractivity contribution in [1.29, 1.82) is 0 Å². The number of nitrogens with one attached hydrogen (secondary N) is 1. The van der Waals surface area contributed by atoms with Crippen LogP contribution in [0.2, 0.25) is 0 Å². The Morgan fingerprint density at radius 2 is 1.29 bits per heavy atom. The number of aromatic hydroxyl groups is 8. The summed E-state index contributed by atoms with van der Waals surface area (Å²) in [6.45, 7) is 10.1. The summed E-state index contributed by atoms with van der Waals surface area (Å²) in [4.78, 5) is 23.7. The van der Waals surface area contributed by atoms with Crippen molar-refractivity contribution in [2.45, 2.75) is 58.5 Å². The Labute approximate surface area is 362 Å². The van der Waals surface area contributed by atoms with Gasteiger partial charge in [0, 0.05) is 49.7 Å². The minimum absolute atomic E-state index is 0.0281. The molecule has 4 aromatic rings. The van der Waals surface area contributed by atoms with Gasteiger partial charge in [-0.25, -0.2) is 4.79 Å². The van der Waals surface area contributed by atoms with Gasteiger partial charge in [0.15, 0.2) is 40.6 Å². The van der Waals surface area contributed by atoms with Gasteiger partial charge in [-0.3, -0.25) is 9.48 Å². The van der Waals surface area contributed by atoms with E-state index in [1.807, 2.05) is 10.9 Å². The second-order valence-electron chi connectivity index (χ2n) is 14.5. The molecule has 1 amide bonds. The van der Waals surface area contributed by atoms with Crippen LogP contribution in [-0.2, 0) is 52.8 Å². The molecule has 0 saturated heterocycles. The van der Waals surface area contributed by atoms with Gasteiger partial charge in [0.2, 0.25) is 5.91 Å². The smallest absolute Gasteiger partial charge is 0.338 e. The third-order valence-corrected chi connectivity index (χ3v) is 9.16. The molecule has 5 rings (SSSR count). The normalized spacial score (nSPS) is 14.3. The number of carbonyl (C=O) groups is 2. The highest BCUT2D eigenvalue weighted by molar-refractivity contribution is 5.91. The number of esters is 1. The second kappa shape index (κ2) is 25.0. The summed E-state index contributed by atoms with van der Waals surface area (Å²) in [5, 5.41) is 88.9. The molecule has 0 unspecified atom stereocenters. The van der Waals surface area contributed by atoms with E-state index in [9.17, 15) is 50.4 Å². The van der Waals surface area contributed by atoms with Crippen molar-refractivity contribution in [2.75, 3.05) is 66.5 Å². The second-order valence-corrected chi connectivity index (χ2v) is 14.5. The molecule has 21 heteroatoms. The van der Waals surface area contributed by atoms with Crippen LogP contribution in [0.3, 0.4) is 0 Å². The lowest BCUT2D eigenvalue weighted by atomic mass is 9.93. The standard InChI is InChI=1S/C22H18O11.C20H38N4O6/c23-10-5-12(24)11-7-18(33-22(31)9-3-15(27)20(30)16(28)4-9)21(32-17(11)6-10)8-1-13(25)19(29)14(26)2-8;1-18(2)4-6-24-16-19(22-23-24)17-30-15-14-29-13-12-28-11-10-27-9-8-26-7-5-20(25)21-3/h1-6,18,21,23-30H,7H2;16,18H,4-15,17H2,1-3H3,(H,21,25)/t18-,21+;/m1./s1. The van der Waals surface area contributed by atoms with Crippen LogP contribution in [0.15, 0.2) is 42.6 Å². The number of fused-ring (bicyclic) bond motifs is 1. The number of aromatic nitrogens is 3. The van der Waals surface area contributed by atoms with Gasteiger partial charge in [-0.15, -0.1) is 5.10 Å². The molecule has 1 aliphatic heterocycles. The molecule has 346 valence electrons. The van der Waals surface area contributed by atoms with Crippen LogP contribution in [-0.4, -0.2) is 140 Å². The first-order valence-corrected chi connectivity index (χ1v) is 20.1. The number of amides is 1. The Morgan fingerprint density at radius 1 is 0.746 bits per heavy atom. The van der Waals surface area contributed by atoms with Crippen LogP contribution in [0.25, 0.3) is 0 Å². The molecule has 0 bridgehead atoms. The van der Waals surface area contributed by atoms with E-state index in [1.165, 1.54) is 6.07 Å². The lowest BCUT2D eigenvalue weighted by Gasteiger charge is -2.34. The molecule has 3 aromatic carbocycles. The maximum Gasteiger partial charge on any atom is 0.338 e. The van der Waals surface area contributed by atoms with Crippen molar-refractivity contribution in [3.63, 3.8) is 0 Å². The van der Waals surface area contributed by atoms with E-state index in [4.69, 9.17) is 33.2 Å². The fraction of sp³-hybridized carbons (Fsp3) is 0.476. The highest BCUT2D eigenvalue weighted by Gasteiger charge is 2.37. The first-order valence-electron chi connectivity index (χ1n) is 20.1. The molecule has 0 aliphatic carbocycles. The van der Waals surface area contributed by atoms with Gasteiger partial charge >= 0.3 is 5.97 Å². The number of hydrogen-bond donors (Lipinski definition) is 9. The van der Waals surface area contributed by atoms with Crippen molar-refractivity contribution < 1.29 is 83.6 Å². The largest absolute Gasteiger partial charge is 0.508 e. The number of phenolic OH excluding ortho intramolecular Hbond substituents is 8. The minimum Gasteiger partial charge on any atom is -0.508 e. The van der Waals surface area contributed by atoms with Crippen LogP contribution in [0.5, 0.6) is 51.7 Å². The van der Waals surface area contributed by atoms with Gasteiger partial charge < -0.3 is 79.3 Å². The zero-order valence-electron chi connectivity index (χ0n) is 35.3. The molecular formula is C42H56N4O17. The summed E-state index contributed by atoms with van der Waals surface area (Å²) >= 11 is 0. The Kier molecular flexibility index (Phi) is 19.6. The lowest BCUT2D eigenvalue weighted by Crippen LogP contribution is -2.34. The molecule has 0 saturated carbocycles. The third kappa shape index (κ3) is 15.9. The average molecular weight is 889 g/mol. The summed E-state index contributed by atoms with van der Waals surface area (Å²) in [5.74, 6) is -5.44. The molecule has 63 heavy (non-hydrogen) atoms. The summed E-state index contributed by atoms with van der Waals surface area (Å²) in [6, 6.07) is 6.18. The summed E-state index contributed by atoms with van der Waals surface area (Å²) < 4.78 is 40.2. The highest BCUT2D eigenvalue weighted by atomic mass is 16.6. The molecule has 0 spiro atoms. The van der Waals surface area contributed by atoms with Gasteiger partial charge in [0.05, 0.1) is 77.8 Å². The molecule has 0 radical (unpaired) electrons. The van der Waals surface area contributed by atoms with Crippen molar-refractivity contribution in [3.05, 3.63) is 65.0 Å². The molecule has 1 aliphatic rings. The zero-order valence-corrected chi connectivity index (χ0v) is 35.3. The van der Waals surface area contributed by atoms with Gasteiger partial charge in [-0.1, -0.05) is 19.1 Å². The van der Waals surface area contributed by atoms with E-state index in [0.29, 0.717) is 78.4 Å². The third-order valence-electron chi connectivity index (χ3n) is 9.16. The topological polar surface area (TPSA) is 303 Å². The van der Waals surface area contributed by atoms with Gasteiger partial charge in [-0.2, -0.15) is 0 Å². The predicted octanol–water partition coefficient (Wildman–Crippen LogP) is 3.28. The van der Waals surface area contributed by atoms with E-state index in [1.54, 1.807) is 7.05 Å². The fourth-order valence-corrected chi connectivity index (χ4v) is 5.80. The minimum atomic E-state index is -1.18. The Hall–Kier alpha value is -6.26. The van der Waals surface area contributed by atoms with Crippen molar-refractivity contribution in [2.24, 2.45) is 5.92 Å². The highest BCUT2D eigenvalue weighted by Crippen LogP contribution is 2.46. The summed E-state index contributed by atoms with van der Waals surface area (Å²) in [7, 11) is 1.61. The van der Waals surface area contributed by atoms with Crippen molar-refractivity contribution in [3.8, 4) is 51.7 Å². The first-order chi connectivity index (χ1) is 30.2. The SMILES string of the molecule is CNC(=O)CCOCCOCCOCCOCCOCc1cn(CCC(C)C)nn1.O=C(O[C@@H]1Cc2c(O)cc(O)cc2O[C@H]1c1cc(O)c(O)c(O)c1)c1cc(O)c(O)c(O)c1. The Balaban J connectivity index is 0.000000278. The maximum absolute atomic E-state index is 12.7. The van der Waals surface area contributed by atoms with Crippen molar-refractivity contribution in [1.82, 2.24) is 20.3 Å². The van der Waals surface area contributed by atoms with E-state index in [0.717, 1.165) is 49.0 Å². The monoisotopic (exact) mass is 888 g/mol. The van der Waals surface area contributed by atoms with E-state index >= 15 is 0 Å². The Morgan fingerprint density at radius 3 is 1.84 bits per heavy atom. The number of rotatable bonds is 23. The lowest BCUT2D eigenvalue weighted by molar-refractivity contribution is -0.121. The van der Waals surface area contributed by atoms with Crippen LogP contribution in [0.1, 0.15) is 60.0 Å². The number of ether oxygens (including phenoxy) is 7. The van der Waals surface area contributed by atoms with Crippen molar-refractivity contribution >= 4 is 11.9 Å². The molecule has 21 nitrogen and oxygen atoms in total. The molecule has 9 N–H and O–H groups in total. The molecule has 2 heterocycles. The summed E-state index contributed by atoms with van der Waals surface area (Å²) in [6.07, 6.45) is 0.888. The number of hydrogen-bond acceptors (Lipinski definition) is 19. The van der Waals surface area contributed by atoms with E-state index in [2.05, 4.69) is 29.5 Å². The number of aryl methyl sites for hydroxylation is 1. The van der Waals surface area contributed by atoms with Crippen LogP contribution in [0.4, 0.5) is 0 Å². The number of phenols is 8. The quantitative estimate of drug-likeness (QED) is 0.0293. The van der Waals surface area contributed by atoms with Crippen LogP contribution in [0, 0.1) is 5.92 Å². The van der Waals surface area contributed by atoms with E-state index in [-0.39, 0.29) is 46.3 Å². The van der Waals surface area contributed by atoms with Crippen LogP contribution < -0.4 is 10.1 Å². The first kappa shape index (κ1) is 49.4. The van der Waals surface area contributed by atoms with Gasteiger partial charge in [0.25, 0.3) is 0 Å². The molecular weight excluding hydrogens is 832 g/mol. The molecule has 0 fully saturated rings. The maximum atomic E-state index is 12.7. The number of nitrogens with zero attached hydrogens (tertiary/aromatic N) is 3. The number of benzene rings is 3. The number of carbonyl (C=O) groups excluding carboxylic acids is 2. The predicted molar refractivity (Wildman–Crippen MR) is 220 cm³/mol. The Bertz CT molecular complexity index is 2030. The van der Waals surface area contributed by atoms with Gasteiger partial charge in [0.1, 0.15) is 29.0 Å². The van der Waals surface area contributed by atoms with Crippen LogP contribution >= 0.6 is 0 Å². The molecule has 1 aromatic heterocycles. The molecule has 2 atom stereocenters. The zero-order chi connectivity index (χ0) is 45.9. The van der Waals surface area contributed by atoms with Gasteiger partial charge in [-0.05, 0) is 36.6 Å². The fourth-order valence-electron chi connectivity index (χ4n) is 5.80. The van der Waals surface area contributed by atoms with E-state index < -0.39 is 52.7 Å². The summed E-state index contributed by atoms with van der Waals surface area (Å²) in [5.41, 5.74) is 0.813.